The van der Waals surface area contributed by atoms with Crippen molar-refractivity contribution in [3.63, 3.8) is 0 Å². The normalized spacial score (nSPS) is 14.6. The van der Waals surface area contributed by atoms with E-state index in [1.807, 2.05) is 0 Å². The number of nitrogens with one attached hydrogen (secondary N) is 1. The highest BCUT2D eigenvalue weighted by molar-refractivity contribution is 8.13. The van der Waals surface area contributed by atoms with Crippen molar-refractivity contribution >= 4 is 36.4 Å². The van der Waals surface area contributed by atoms with E-state index in [2.05, 4.69) is 5.32 Å². The van der Waals surface area contributed by atoms with Gasteiger partial charge in [-0.15, -0.1) is 0 Å². The second-order valence-corrected chi connectivity index (χ2v) is 8.50. The summed E-state index contributed by atoms with van der Waals surface area (Å²) in [6.07, 6.45) is 1.50. The van der Waals surface area contributed by atoms with Crippen molar-refractivity contribution in [3.8, 4) is 0 Å². The molecule has 1 amide bonds. The maximum atomic E-state index is 13.3. The lowest BCUT2D eigenvalue weighted by Gasteiger charge is -2.10. The summed E-state index contributed by atoms with van der Waals surface area (Å²) in [5, 5.41) is 2.18. The van der Waals surface area contributed by atoms with Gasteiger partial charge in [-0.25, -0.2) is 12.8 Å². The van der Waals surface area contributed by atoms with Crippen LogP contribution in [0.15, 0.2) is 23.1 Å². The van der Waals surface area contributed by atoms with E-state index in [9.17, 15) is 21.8 Å². The Bertz CT molecular complexity index is 648. The minimum Gasteiger partial charge on any atom is -0.351 e. The van der Waals surface area contributed by atoms with E-state index in [-0.39, 0.29) is 17.4 Å². The number of amides is 1. The Kier molecular flexibility index (Phi) is 5.67. The van der Waals surface area contributed by atoms with E-state index in [4.69, 9.17) is 10.7 Å². The van der Waals surface area contributed by atoms with Crippen molar-refractivity contribution in [2.24, 2.45) is 0 Å². The Morgan fingerprint density at radius 2 is 2.05 bits per heavy atom. The predicted molar refractivity (Wildman–Crippen MR) is 75.3 cm³/mol. The molecule has 0 bridgehead atoms. The molecular formula is C11H13ClFNO4S2. The first-order valence-corrected chi connectivity index (χ1v) is 9.40. The molecule has 2 unspecified atom stereocenters. The lowest BCUT2D eigenvalue weighted by atomic mass is 10.2. The van der Waals surface area contributed by atoms with Crippen LogP contribution in [0.5, 0.6) is 0 Å². The van der Waals surface area contributed by atoms with Gasteiger partial charge >= 0.3 is 0 Å². The molecule has 0 aliphatic heterocycles. The van der Waals surface area contributed by atoms with Crippen LogP contribution in [0.2, 0.25) is 0 Å². The summed E-state index contributed by atoms with van der Waals surface area (Å²) in [6, 6.07) is 2.60. The molecule has 9 heteroatoms. The SMILES string of the molecule is CC(CNC(=O)c1cc(F)cc(S(=O)(=O)Cl)c1)S(C)=O. The molecule has 1 aromatic rings. The molecule has 0 aromatic heterocycles. The molecule has 0 radical (unpaired) electrons. The second-order valence-electron chi connectivity index (χ2n) is 4.13. The van der Waals surface area contributed by atoms with Crippen molar-refractivity contribution in [2.75, 3.05) is 12.8 Å². The third kappa shape index (κ3) is 4.84. The van der Waals surface area contributed by atoms with Gasteiger partial charge < -0.3 is 5.32 Å². The number of carbonyl (C=O) groups is 1. The van der Waals surface area contributed by atoms with Crippen molar-refractivity contribution < 1.29 is 21.8 Å². The van der Waals surface area contributed by atoms with E-state index in [1.54, 1.807) is 6.92 Å². The highest BCUT2D eigenvalue weighted by Gasteiger charge is 2.16. The first-order valence-electron chi connectivity index (χ1n) is 5.47. The summed E-state index contributed by atoms with van der Waals surface area (Å²) in [5.74, 6) is -1.55. The lowest BCUT2D eigenvalue weighted by molar-refractivity contribution is 0.0953. The quantitative estimate of drug-likeness (QED) is 0.817. The van der Waals surface area contributed by atoms with Gasteiger partial charge in [0.25, 0.3) is 15.0 Å². The van der Waals surface area contributed by atoms with Gasteiger partial charge in [-0.1, -0.05) is 0 Å². The van der Waals surface area contributed by atoms with E-state index >= 15 is 0 Å². The molecule has 112 valence electrons. The van der Waals surface area contributed by atoms with Crippen LogP contribution in [0.4, 0.5) is 4.39 Å². The van der Waals surface area contributed by atoms with Crippen molar-refractivity contribution in [3.05, 3.63) is 29.6 Å². The van der Waals surface area contributed by atoms with Crippen LogP contribution < -0.4 is 5.32 Å². The van der Waals surface area contributed by atoms with Gasteiger partial charge in [0.05, 0.1) is 4.90 Å². The van der Waals surface area contributed by atoms with Gasteiger partial charge in [-0.3, -0.25) is 9.00 Å². The molecule has 20 heavy (non-hydrogen) atoms. The van der Waals surface area contributed by atoms with Crippen LogP contribution in [0.25, 0.3) is 0 Å². The molecule has 0 aliphatic rings. The third-order valence-corrected chi connectivity index (χ3v) is 5.16. The van der Waals surface area contributed by atoms with E-state index in [1.165, 1.54) is 6.26 Å². The van der Waals surface area contributed by atoms with Crippen LogP contribution in [0, 0.1) is 5.82 Å². The molecule has 1 rings (SSSR count). The molecule has 5 nitrogen and oxygen atoms in total. The maximum Gasteiger partial charge on any atom is 0.261 e. The summed E-state index contributed by atoms with van der Waals surface area (Å²) >= 11 is 0. The molecule has 0 saturated carbocycles. The molecule has 1 aromatic carbocycles. The van der Waals surface area contributed by atoms with E-state index < -0.39 is 36.5 Å². The number of benzene rings is 1. The Morgan fingerprint density at radius 1 is 1.45 bits per heavy atom. The van der Waals surface area contributed by atoms with Crippen LogP contribution in [-0.2, 0) is 19.9 Å². The monoisotopic (exact) mass is 341 g/mol. The fourth-order valence-corrected chi connectivity index (χ4v) is 2.40. The number of rotatable bonds is 5. The standard InChI is InChI=1S/C11H13ClFNO4S2/c1-7(19(2)16)6-14-11(15)8-3-9(13)5-10(4-8)20(12,17)18/h3-5,7H,6H2,1-2H3,(H,14,15). The second kappa shape index (κ2) is 6.64. The number of carbonyl (C=O) groups excluding carboxylic acids is 1. The van der Waals surface area contributed by atoms with Crippen molar-refractivity contribution in [1.82, 2.24) is 5.32 Å². The van der Waals surface area contributed by atoms with Crippen LogP contribution >= 0.6 is 10.7 Å². The Morgan fingerprint density at radius 3 is 2.55 bits per heavy atom. The average Bonchev–Trinajstić information content (AvgIpc) is 2.33. The van der Waals surface area contributed by atoms with E-state index in [0.29, 0.717) is 0 Å². The highest BCUT2D eigenvalue weighted by Crippen LogP contribution is 2.18. The molecule has 2 atom stereocenters. The first kappa shape index (κ1) is 17.1. The van der Waals surface area contributed by atoms with Gasteiger partial charge in [-0.2, -0.15) is 0 Å². The number of hydrogen-bond donors (Lipinski definition) is 1. The fourth-order valence-electron chi connectivity index (χ4n) is 1.29. The van der Waals surface area contributed by atoms with Crippen LogP contribution in [-0.4, -0.2) is 36.6 Å². The summed E-state index contributed by atoms with van der Waals surface area (Å²) in [6.45, 7) is 1.80. The zero-order valence-electron chi connectivity index (χ0n) is 10.7. The summed E-state index contributed by atoms with van der Waals surface area (Å²) < 4.78 is 46.7. The van der Waals surface area contributed by atoms with Crippen molar-refractivity contribution in [1.29, 1.82) is 0 Å². The lowest BCUT2D eigenvalue weighted by Crippen LogP contribution is -2.32. The molecule has 0 heterocycles. The smallest absolute Gasteiger partial charge is 0.261 e. The van der Waals surface area contributed by atoms with Gasteiger partial charge in [0.15, 0.2) is 0 Å². The Hall–Kier alpha value is -0.990. The zero-order valence-corrected chi connectivity index (χ0v) is 13.1. The van der Waals surface area contributed by atoms with Gasteiger partial charge in [0.1, 0.15) is 5.82 Å². The average molecular weight is 342 g/mol. The summed E-state index contributed by atoms with van der Waals surface area (Å²) in [7, 11) is -0.124. The molecule has 0 saturated heterocycles. The molecule has 0 aliphatic carbocycles. The first-order chi connectivity index (χ1) is 9.11. The minimum absolute atomic E-state index is 0.126. The zero-order chi connectivity index (χ0) is 15.5. The maximum absolute atomic E-state index is 13.3. The van der Waals surface area contributed by atoms with Crippen molar-refractivity contribution in [2.45, 2.75) is 17.1 Å². The van der Waals surface area contributed by atoms with Gasteiger partial charge in [0, 0.05) is 45.1 Å². The van der Waals surface area contributed by atoms with Crippen LogP contribution in [0.3, 0.4) is 0 Å². The Balaban J connectivity index is 2.94. The van der Waals surface area contributed by atoms with Gasteiger partial charge in [-0.05, 0) is 25.1 Å². The third-order valence-electron chi connectivity index (χ3n) is 2.53. The summed E-state index contributed by atoms with van der Waals surface area (Å²) in [4.78, 5) is 11.3. The molecular weight excluding hydrogens is 329 g/mol. The van der Waals surface area contributed by atoms with Gasteiger partial charge in [0.2, 0.25) is 0 Å². The predicted octanol–water partition coefficient (Wildman–Crippen LogP) is 1.25. The fraction of sp³-hybridized carbons (Fsp3) is 0.364. The number of halogens is 2. The largest absolute Gasteiger partial charge is 0.351 e. The van der Waals surface area contributed by atoms with E-state index in [0.717, 1.165) is 18.2 Å². The summed E-state index contributed by atoms with van der Waals surface area (Å²) in [5.41, 5.74) is -0.168. The molecule has 0 spiro atoms. The minimum atomic E-state index is -4.12. The molecule has 1 N–H and O–H groups in total. The topological polar surface area (TPSA) is 80.3 Å². The highest BCUT2D eigenvalue weighted by atomic mass is 35.7. The van der Waals surface area contributed by atoms with Crippen LogP contribution in [0.1, 0.15) is 17.3 Å². The Labute approximate surface area is 123 Å². The molecule has 0 fully saturated rings. The number of hydrogen-bond acceptors (Lipinski definition) is 4.